The van der Waals surface area contributed by atoms with Gasteiger partial charge in [-0.05, 0) is 57.8 Å². The smallest absolute Gasteiger partial charge is 0.290 e. The number of nitrogens with zero attached hydrogens (tertiary/aromatic N) is 2. The van der Waals surface area contributed by atoms with E-state index in [0.717, 1.165) is 11.1 Å². The van der Waals surface area contributed by atoms with Crippen LogP contribution in [0.2, 0.25) is 0 Å². The van der Waals surface area contributed by atoms with Crippen LogP contribution in [0.1, 0.15) is 40.2 Å². The number of likely N-dealkylation sites (N-methyl/N-ethyl adjacent to an activating group) is 1. The second-order valence-electron chi connectivity index (χ2n) is 7.88. The lowest BCUT2D eigenvalue weighted by atomic mass is 9.98. The maximum absolute atomic E-state index is 13.5. The number of hydrogen-bond acceptors (Lipinski definition) is 5. The maximum Gasteiger partial charge on any atom is 0.290 e. The number of ether oxygens (including phenoxy) is 1. The lowest BCUT2D eigenvalue weighted by molar-refractivity contribution is 0.0716. The standard InChI is InChI=1S/C24H26N2O4/c1-5-29-17-8-6-7-16(14-17)21-20-22(27)18-13-15(2)9-10-19(18)30-23(20)24(28)26(21)12-11-25(3)4/h6-10,13-14,21H,5,11-12H2,1-4H3. The third-order valence-corrected chi connectivity index (χ3v) is 5.39. The number of amides is 1. The molecule has 156 valence electrons. The van der Waals surface area contributed by atoms with Gasteiger partial charge in [-0.15, -0.1) is 0 Å². The van der Waals surface area contributed by atoms with Crippen LogP contribution in [-0.2, 0) is 0 Å². The van der Waals surface area contributed by atoms with Crippen molar-refractivity contribution >= 4 is 16.9 Å². The van der Waals surface area contributed by atoms with Crippen LogP contribution in [0, 0.1) is 6.92 Å². The van der Waals surface area contributed by atoms with Gasteiger partial charge in [0, 0.05) is 13.1 Å². The van der Waals surface area contributed by atoms with Gasteiger partial charge in [0.05, 0.1) is 23.6 Å². The topological polar surface area (TPSA) is 63.0 Å². The van der Waals surface area contributed by atoms with E-state index in [1.165, 1.54) is 0 Å². The fraction of sp³-hybridized carbons (Fsp3) is 0.333. The van der Waals surface area contributed by atoms with Gasteiger partial charge in [-0.3, -0.25) is 9.59 Å². The van der Waals surface area contributed by atoms with Gasteiger partial charge in [-0.2, -0.15) is 0 Å². The summed E-state index contributed by atoms with van der Waals surface area (Å²) in [4.78, 5) is 30.6. The summed E-state index contributed by atoms with van der Waals surface area (Å²) in [5.41, 5.74) is 2.51. The summed E-state index contributed by atoms with van der Waals surface area (Å²) in [5, 5.41) is 0.502. The minimum Gasteiger partial charge on any atom is -0.494 e. The van der Waals surface area contributed by atoms with E-state index in [-0.39, 0.29) is 17.1 Å². The van der Waals surface area contributed by atoms with Gasteiger partial charge in [0.2, 0.25) is 5.76 Å². The molecule has 0 aliphatic carbocycles. The third kappa shape index (κ3) is 3.48. The third-order valence-electron chi connectivity index (χ3n) is 5.39. The number of benzene rings is 2. The minimum atomic E-state index is -0.506. The van der Waals surface area contributed by atoms with Crippen molar-refractivity contribution in [3.8, 4) is 5.75 Å². The largest absolute Gasteiger partial charge is 0.494 e. The minimum absolute atomic E-state index is 0.141. The summed E-state index contributed by atoms with van der Waals surface area (Å²) in [7, 11) is 3.91. The van der Waals surface area contributed by atoms with Crippen LogP contribution in [0.25, 0.3) is 11.0 Å². The van der Waals surface area contributed by atoms with Crippen molar-refractivity contribution < 1.29 is 13.9 Å². The Balaban J connectivity index is 1.92. The van der Waals surface area contributed by atoms with Crippen molar-refractivity contribution in [1.82, 2.24) is 9.80 Å². The summed E-state index contributed by atoms with van der Waals surface area (Å²) < 4.78 is 11.6. The molecule has 1 aliphatic rings. The van der Waals surface area contributed by atoms with Gasteiger partial charge in [-0.25, -0.2) is 0 Å². The number of carbonyl (C=O) groups excluding carboxylic acids is 1. The molecule has 4 rings (SSSR count). The Morgan fingerprint density at radius 2 is 1.93 bits per heavy atom. The highest BCUT2D eigenvalue weighted by atomic mass is 16.5. The Hall–Kier alpha value is -3.12. The average Bonchev–Trinajstić information content (AvgIpc) is 3.00. The van der Waals surface area contributed by atoms with Gasteiger partial charge in [0.1, 0.15) is 11.3 Å². The SMILES string of the molecule is CCOc1cccc(C2c3c(oc4ccc(C)cc4c3=O)C(=O)N2CCN(C)C)c1. The molecule has 0 radical (unpaired) electrons. The van der Waals surface area contributed by atoms with Crippen LogP contribution < -0.4 is 10.2 Å². The van der Waals surface area contributed by atoms with Crippen molar-refractivity contribution in [3.63, 3.8) is 0 Å². The lowest BCUT2D eigenvalue weighted by Gasteiger charge is -2.26. The molecule has 1 unspecified atom stereocenters. The van der Waals surface area contributed by atoms with Crippen LogP contribution in [0.15, 0.2) is 51.7 Å². The van der Waals surface area contributed by atoms with E-state index in [1.54, 1.807) is 11.0 Å². The molecule has 30 heavy (non-hydrogen) atoms. The number of fused-ring (bicyclic) bond motifs is 2. The maximum atomic E-state index is 13.5. The zero-order valence-electron chi connectivity index (χ0n) is 17.8. The fourth-order valence-corrected chi connectivity index (χ4v) is 3.96. The first-order valence-corrected chi connectivity index (χ1v) is 10.2. The van der Waals surface area contributed by atoms with Gasteiger partial charge in [-0.1, -0.05) is 23.8 Å². The van der Waals surface area contributed by atoms with E-state index in [1.807, 2.05) is 69.2 Å². The van der Waals surface area contributed by atoms with Crippen molar-refractivity contribution in [2.45, 2.75) is 19.9 Å². The first kappa shape index (κ1) is 20.2. The van der Waals surface area contributed by atoms with E-state index in [0.29, 0.717) is 42.0 Å². The quantitative estimate of drug-likeness (QED) is 0.626. The summed E-state index contributed by atoms with van der Waals surface area (Å²) in [5.74, 6) is 0.602. The van der Waals surface area contributed by atoms with Gasteiger partial charge in [0.25, 0.3) is 5.91 Å². The molecule has 1 atom stereocenters. The molecule has 6 heteroatoms. The molecule has 0 spiro atoms. The molecular formula is C24H26N2O4. The molecule has 1 aromatic heterocycles. The second kappa shape index (κ2) is 7.95. The highest BCUT2D eigenvalue weighted by molar-refractivity contribution is 5.99. The molecule has 2 heterocycles. The molecule has 1 amide bonds. The predicted molar refractivity (Wildman–Crippen MR) is 116 cm³/mol. The van der Waals surface area contributed by atoms with Crippen LogP contribution >= 0.6 is 0 Å². The summed E-state index contributed by atoms with van der Waals surface area (Å²) in [6.45, 7) is 5.56. The zero-order chi connectivity index (χ0) is 21.4. The Kier molecular flexibility index (Phi) is 5.35. The highest BCUT2D eigenvalue weighted by Gasteiger charge is 2.42. The van der Waals surface area contributed by atoms with E-state index < -0.39 is 6.04 Å². The van der Waals surface area contributed by atoms with E-state index in [4.69, 9.17) is 9.15 Å². The first-order valence-electron chi connectivity index (χ1n) is 10.2. The first-order chi connectivity index (χ1) is 14.4. The van der Waals surface area contributed by atoms with E-state index >= 15 is 0 Å². The molecule has 0 bridgehead atoms. The zero-order valence-corrected chi connectivity index (χ0v) is 17.8. The van der Waals surface area contributed by atoms with Crippen LogP contribution in [0.4, 0.5) is 0 Å². The average molecular weight is 406 g/mol. The summed E-state index contributed by atoms with van der Waals surface area (Å²) >= 11 is 0. The second-order valence-corrected chi connectivity index (χ2v) is 7.88. The molecule has 6 nitrogen and oxygen atoms in total. The Morgan fingerprint density at radius 3 is 2.67 bits per heavy atom. The lowest BCUT2D eigenvalue weighted by Crippen LogP contribution is -2.35. The molecule has 1 aliphatic heterocycles. The van der Waals surface area contributed by atoms with Crippen LogP contribution in [0.3, 0.4) is 0 Å². The molecule has 0 saturated heterocycles. The van der Waals surface area contributed by atoms with Crippen molar-refractivity contribution in [2.24, 2.45) is 0 Å². The Bertz CT molecular complexity index is 1170. The molecule has 0 fully saturated rings. The predicted octanol–water partition coefficient (Wildman–Crippen LogP) is 3.61. The molecular weight excluding hydrogens is 380 g/mol. The Morgan fingerprint density at radius 1 is 1.13 bits per heavy atom. The number of carbonyl (C=O) groups is 1. The van der Waals surface area contributed by atoms with Gasteiger partial charge < -0.3 is 19.0 Å². The number of rotatable bonds is 6. The van der Waals surface area contributed by atoms with Crippen LogP contribution in [-0.4, -0.2) is 49.5 Å². The van der Waals surface area contributed by atoms with Crippen molar-refractivity contribution in [1.29, 1.82) is 0 Å². The number of aryl methyl sites for hydroxylation is 1. The molecule has 0 N–H and O–H groups in total. The molecule has 3 aromatic rings. The van der Waals surface area contributed by atoms with Gasteiger partial charge >= 0.3 is 0 Å². The van der Waals surface area contributed by atoms with Gasteiger partial charge in [0.15, 0.2) is 5.43 Å². The van der Waals surface area contributed by atoms with Crippen molar-refractivity contribution in [2.75, 3.05) is 33.8 Å². The molecule has 0 saturated carbocycles. The van der Waals surface area contributed by atoms with E-state index in [9.17, 15) is 9.59 Å². The highest BCUT2D eigenvalue weighted by Crippen LogP contribution is 2.38. The fourth-order valence-electron chi connectivity index (χ4n) is 3.96. The van der Waals surface area contributed by atoms with Crippen molar-refractivity contribution in [3.05, 3.63) is 75.1 Å². The van der Waals surface area contributed by atoms with E-state index in [2.05, 4.69) is 0 Å². The van der Waals surface area contributed by atoms with Crippen LogP contribution in [0.5, 0.6) is 5.75 Å². The Labute approximate surface area is 175 Å². The number of hydrogen-bond donors (Lipinski definition) is 0. The normalized spacial score (nSPS) is 15.8. The summed E-state index contributed by atoms with van der Waals surface area (Å²) in [6, 6.07) is 12.5. The monoisotopic (exact) mass is 406 g/mol. The summed E-state index contributed by atoms with van der Waals surface area (Å²) in [6.07, 6.45) is 0. The molecule has 2 aromatic carbocycles.